The molecule has 1 atom stereocenters. The lowest BCUT2D eigenvalue weighted by Gasteiger charge is -2.22. The molecule has 1 unspecified atom stereocenters. The first kappa shape index (κ1) is 22.6. The molecule has 1 aromatic heterocycles. The van der Waals surface area contributed by atoms with E-state index in [0.29, 0.717) is 13.0 Å². The SMILES string of the molecule is C=C/C=C/OCOC(C)Nc1ccc2c(c1)cc(C(C)(C)C)n2CCCC(=O)O. The Morgan fingerprint density at radius 2 is 2.10 bits per heavy atom. The van der Waals surface area contributed by atoms with Gasteiger partial charge in [-0.05, 0) is 43.7 Å². The van der Waals surface area contributed by atoms with Gasteiger partial charge in [-0.25, -0.2) is 0 Å². The van der Waals surface area contributed by atoms with Gasteiger partial charge in [0, 0.05) is 40.7 Å². The van der Waals surface area contributed by atoms with Crippen LogP contribution in [0, 0.1) is 0 Å². The predicted octanol–water partition coefficient (Wildman–Crippen LogP) is 5.25. The van der Waals surface area contributed by atoms with E-state index < -0.39 is 5.97 Å². The van der Waals surface area contributed by atoms with Crippen LogP contribution in [0.1, 0.15) is 46.2 Å². The van der Waals surface area contributed by atoms with Crippen molar-refractivity contribution >= 4 is 22.6 Å². The van der Waals surface area contributed by atoms with Crippen molar-refractivity contribution in [3.63, 3.8) is 0 Å². The van der Waals surface area contributed by atoms with E-state index in [1.807, 2.05) is 13.0 Å². The Hall–Kier alpha value is -2.73. The van der Waals surface area contributed by atoms with Gasteiger partial charge in [0.25, 0.3) is 0 Å². The van der Waals surface area contributed by atoms with E-state index in [4.69, 9.17) is 14.6 Å². The van der Waals surface area contributed by atoms with Gasteiger partial charge in [-0.1, -0.05) is 33.4 Å². The molecular weight excluding hydrogens is 368 g/mol. The summed E-state index contributed by atoms with van der Waals surface area (Å²) in [7, 11) is 0. The minimum absolute atomic E-state index is 0.0392. The van der Waals surface area contributed by atoms with Crippen LogP contribution in [-0.4, -0.2) is 28.7 Å². The minimum atomic E-state index is -0.761. The van der Waals surface area contributed by atoms with Gasteiger partial charge >= 0.3 is 5.97 Å². The van der Waals surface area contributed by atoms with Crippen molar-refractivity contribution in [1.29, 1.82) is 0 Å². The molecule has 0 radical (unpaired) electrons. The van der Waals surface area contributed by atoms with Crippen molar-refractivity contribution in [3.8, 4) is 0 Å². The van der Waals surface area contributed by atoms with Gasteiger partial charge in [-0.2, -0.15) is 0 Å². The smallest absolute Gasteiger partial charge is 0.303 e. The van der Waals surface area contributed by atoms with Crippen molar-refractivity contribution in [2.24, 2.45) is 0 Å². The highest BCUT2D eigenvalue weighted by molar-refractivity contribution is 5.85. The molecule has 158 valence electrons. The zero-order valence-electron chi connectivity index (χ0n) is 17.8. The molecule has 0 aliphatic carbocycles. The number of rotatable bonds is 11. The second kappa shape index (κ2) is 10.2. The number of ether oxygens (including phenoxy) is 2. The van der Waals surface area contributed by atoms with Crippen LogP contribution in [0.15, 0.2) is 49.3 Å². The Morgan fingerprint density at radius 1 is 1.34 bits per heavy atom. The van der Waals surface area contributed by atoms with E-state index in [-0.39, 0.29) is 24.9 Å². The van der Waals surface area contributed by atoms with Gasteiger partial charge in [0.05, 0.1) is 6.26 Å². The molecule has 0 saturated carbocycles. The largest absolute Gasteiger partial charge is 0.481 e. The molecule has 1 aromatic carbocycles. The van der Waals surface area contributed by atoms with Crippen molar-refractivity contribution in [2.45, 2.75) is 58.7 Å². The molecule has 29 heavy (non-hydrogen) atoms. The number of carboxylic acid groups (broad SMARTS) is 1. The summed E-state index contributed by atoms with van der Waals surface area (Å²) >= 11 is 0. The maximum absolute atomic E-state index is 10.9. The lowest BCUT2D eigenvalue weighted by molar-refractivity contribution is -0.137. The summed E-state index contributed by atoms with van der Waals surface area (Å²) < 4.78 is 13.0. The van der Waals surface area contributed by atoms with Crippen LogP contribution < -0.4 is 5.32 Å². The zero-order valence-corrected chi connectivity index (χ0v) is 17.8. The fourth-order valence-corrected chi connectivity index (χ4v) is 3.18. The molecule has 6 heteroatoms. The Morgan fingerprint density at radius 3 is 2.76 bits per heavy atom. The maximum atomic E-state index is 10.9. The number of hydrogen-bond donors (Lipinski definition) is 2. The van der Waals surface area contributed by atoms with E-state index in [1.165, 1.54) is 12.0 Å². The van der Waals surface area contributed by atoms with Crippen LogP contribution in [0.5, 0.6) is 0 Å². The number of aromatic nitrogens is 1. The fraction of sp³-hybridized carbons (Fsp3) is 0.435. The van der Waals surface area contributed by atoms with Crippen molar-refractivity contribution in [2.75, 3.05) is 12.1 Å². The van der Waals surface area contributed by atoms with E-state index in [9.17, 15) is 4.79 Å². The Kier molecular flexibility index (Phi) is 7.91. The average Bonchev–Trinajstić information content (AvgIpc) is 2.99. The number of allylic oxidation sites excluding steroid dienone is 2. The number of nitrogens with one attached hydrogen (secondary N) is 1. The van der Waals surface area contributed by atoms with Gasteiger partial charge in [-0.3, -0.25) is 4.79 Å². The Balaban J connectivity index is 2.15. The molecule has 1 heterocycles. The average molecular weight is 401 g/mol. The summed E-state index contributed by atoms with van der Waals surface area (Å²) in [5, 5.41) is 13.4. The highest BCUT2D eigenvalue weighted by Crippen LogP contribution is 2.31. The third-order valence-corrected chi connectivity index (χ3v) is 4.51. The topological polar surface area (TPSA) is 72.7 Å². The molecule has 2 N–H and O–H groups in total. The van der Waals surface area contributed by atoms with Gasteiger partial charge < -0.3 is 24.5 Å². The number of benzene rings is 1. The number of aryl methyl sites for hydroxylation is 1. The summed E-state index contributed by atoms with van der Waals surface area (Å²) in [4.78, 5) is 10.9. The number of hydrogen-bond acceptors (Lipinski definition) is 4. The number of carboxylic acids is 1. The lowest BCUT2D eigenvalue weighted by Crippen LogP contribution is -2.20. The maximum Gasteiger partial charge on any atom is 0.303 e. The molecule has 2 aromatic rings. The summed E-state index contributed by atoms with van der Waals surface area (Å²) in [5.74, 6) is -0.761. The van der Waals surface area contributed by atoms with Gasteiger partial charge in [-0.15, -0.1) is 0 Å². The highest BCUT2D eigenvalue weighted by atomic mass is 16.7. The molecule has 0 amide bonds. The van der Waals surface area contributed by atoms with Gasteiger partial charge in [0.2, 0.25) is 0 Å². The summed E-state index contributed by atoms with van der Waals surface area (Å²) in [5.41, 5.74) is 3.22. The summed E-state index contributed by atoms with van der Waals surface area (Å²) in [6.07, 6.45) is 5.42. The van der Waals surface area contributed by atoms with Crippen LogP contribution in [0.4, 0.5) is 5.69 Å². The van der Waals surface area contributed by atoms with Crippen molar-refractivity contribution in [1.82, 2.24) is 4.57 Å². The van der Waals surface area contributed by atoms with Gasteiger partial charge in [0.1, 0.15) is 6.23 Å². The quantitative estimate of drug-likeness (QED) is 0.233. The van der Waals surface area contributed by atoms with Gasteiger partial charge in [0.15, 0.2) is 6.79 Å². The van der Waals surface area contributed by atoms with E-state index in [2.05, 4.69) is 55.4 Å². The summed E-state index contributed by atoms with van der Waals surface area (Å²) in [6.45, 7) is 12.8. The standard InChI is InChI=1S/C23H32N2O4/c1-6-7-13-28-16-29-17(2)24-19-10-11-20-18(14-19)15-21(23(3,4)5)25(20)12-8-9-22(26)27/h6-7,10-11,13-15,17,24H,1,8-9,12,16H2,2-5H3,(H,26,27)/b13-7+. The van der Waals surface area contributed by atoms with Crippen molar-refractivity contribution in [3.05, 3.63) is 55.0 Å². The second-order valence-corrected chi connectivity index (χ2v) is 8.00. The first-order chi connectivity index (χ1) is 13.7. The first-order valence-electron chi connectivity index (χ1n) is 9.85. The normalized spacial score (nSPS) is 13.0. The molecule has 2 rings (SSSR count). The molecule has 0 fully saturated rings. The van der Waals surface area contributed by atoms with Crippen LogP contribution in [-0.2, 0) is 26.2 Å². The number of anilines is 1. The molecule has 0 aliphatic heterocycles. The predicted molar refractivity (Wildman–Crippen MR) is 117 cm³/mol. The Bertz CT molecular complexity index is 862. The monoisotopic (exact) mass is 400 g/mol. The van der Waals surface area contributed by atoms with E-state index >= 15 is 0 Å². The molecule has 0 spiro atoms. The van der Waals surface area contributed by atoms with Crippen LogP contribution in [0.2, 0.25) is 0 Å². The van der Waals surface area contributed by atoms with Crippen LogP contribution in [0.3, 0.4) is 0 Å². The number of carbonyl (C=O) groups is 1. The van der Waals surface area contributed by atoms with E-state index in [1.54, 1.807) is 12.2 Å². The Labute approximate surface area is 172 Å². The molecular formula is C23H32N2O4. The minimum Gasteiger partial charge on any atom is -0.481 e. The van der Waals surface area contributed by atoms with Crippen molar-refractivity contribution < 1.29 is 19.4 Å². The first-order valence-corrected chi connectivity index (χ1v) is 9.85. The zero-order chi connectivity index (χ0) is 21.4. The highest BCUT2D eigenvalue weighted by Gasteiger charge is 2.21. The van der Waals surface area contributed by atoms with Crippen LogP contribution in [0.25, 0.3) is 10.9 Å². The number of nitrogens with zero attached hydrogens (tertiary/aromatic N) is 1. The third kappa shape index (κ3) is 6.68. The second-order valence-electron chi connectivity index (χ2n) is 8.00. The van der Waals surface area contributed by atoms with Crippen LogP contribution >= 0.6 is 0 Å². The number of fused-ring (bicyclic) bond motifs is 1. The fourth-order valence-electron chi connectivity index (χ4n) is 3.18. The molecule has 6 nitrogen and oxygen atoms in total. The third-order valence-electron chi connectivity index (χ3n) is 4.51. The molecule has 0 bridgehead atoms. The summed E-state index contributed by atoms with van der Waals surface area (Å²) in [6, 6.07) is 8.37. The van der Waals surface area contributed by atoms with E-state index in [0.717, 1.165) is 16.6 Å². The molecule has 0 saturated heterocycles. The molecule has 0 aliphatic rings. The number of aliphatic carboxylic acids is 1. The lowest BCUT2D eigenvalue weighted by atomic mass is 9.92.